The number of ether oxygens (including phenoxy) is 4. The second-order valence-corrected chi connectivity index (χ2v) is 20.6. The molecule has 4 aromatic rings. The maximum atomic E-state index is 15.0. The normalized spacial score (nSPS) is 18.1. The molecule has 2 aliphatic heterocycles. The fourth-order valence-electron chi connectivity index (χ4n) is 9.52. The van der Waals surface area contributed by atoms with E-state index in [2.05, 4.69) is 20.5 Å². The number of amides is 2. The number of hydrogen-bond donors (Lipinski definition) is 2. The number of fused-ring (bicyclic) bond motifs is 1. The van der Waals surface area contributed by atoms with Gasteiger partial charge in [-0.15, -0.1) is 0 Å². The monoisotopic (exact) mass is 976 g/mol. The summed E-state index contributed by atoms with van der Waals surface area (Å²) in [5, 5.41) is 4.65. The summed E-state index contributed by atoms with van der Waals surface area (Å²) in [4.78, 5) is 61.6. The van der Waals surface area contributed by atoms with E-state index in [9.17, 15) is 19.2 Å². The van der Waals surface area contributed by atoms with Crippen molar-refractivity contribution in [1.29, 1.82) is 0 Å². The third-order valence-corrected chi connectivity index (χ3v) is 13.1. The fraction of sp³-hybridized carbons (Fsp3) is 0.558. The van der Waals surface area contributed by atoms with Crippen LogP contribution in [0.3, 0.4) is 0 Å². The van der Waals surface area contributed by atoms with Gasteiger partial charge in [-0.2, -0.15) is 13.2 Å². The minimum absolute atomic E-state index is 0.0217. The van der Waals surface area contributed by atoms with Crippen molar-refractivity contribution in [3.8, 4) is 22.4 Å². The first-order valence-corrected chi connectivity index (χ1v) is 24.1. The number of benzene rings is 2. The average Bonchev–Trinajstić information content (AvgIpc) is 4.13. The first-order valence-electron chi connectivity index (χ1n) is 24.1. The lowest BCUT2D eigenvalue weighted by molar-refractivity contribution is -0.150. The summed E-state index contributed by atoms with van der Waals surface area (Å²) < 4.78 is 68.2. The molecule has 2 aromatic heterocycles. The van der Waals surface area contributed by atoms with Crippen LogP contribution >= 0.6 is 0 Å². The van der Waals surface area contributed by atoms with Gasteiger partial charge < -0.3 is 33.7 Å². The highest BCUT2D eigenvalue weighted by molar-refractivity contribution is 5.96. The molecule has 7 rings (SSSR count). The van der Waals surface area contributed by atoms with Crippen LogP contribution in [-0.4, -0.2) is 127 Å². The predicted octanol–water partition coefficient (Wildman–Crippen LogP) is 8.16. The molecular formula is C52H68F3N7O8. The minimum Gasteiger partial charge on any atom is -0.468 e. The number of methoxy groups -OCH3 is 2. The van der Waals surface area contributed by atoms with Crippen molar-refractivity contribution in [3.63, 3.8) is 0 Å². The van der Waals surface area contributed by atoms with Gasteiger partial charge in [0.15, 0.2) is 0 Å². The van der Waals surface area contributed by atoms with Gasteiger partial charge in [-0.1, -0.05) is 44.2 Å². The number of esters is 2. The Balaban J connectivity index is 1.34. The Labute approximate surface area is 408 Å². The van der Waals surface area contributed by atoms with Gasteiger partial charge in [0.2, 0.25) is 0 Å². The summed E-state index contributed by atoms with van der Waals surface area (Å²) in [5.41, 5.74) is 6.61. The molecule has 2 N–H and O–H groups in total. The lowest BCUT2D eigenvalue weighted by atomic mass is 9.84. The van der Waals surface area contributed by atoms with Crippen LogP contribution in [0.5, 0.6) is 0 Å². The van der Waals surface area contributed by atoms with Gasteiger partial charge in [0.05, 0.1) is 43.1 Å². The third kappa shape index (κ3) is 13.0. The van der Waals surface area contributed by atoms with Crippen molar-refractivity contribution in [1.82, 2.24) is 30.2 Å². The van der Waals surface area contributed by atoms with Crippen molar-refractivity contribution in [2.75, 3.05) is 58.5 Å². The maximum Gasteiger partial charge on any atom is 0.408 e. The van der Waals surface area contributed by atoms with Crippen molar-refractivity contribution in [2.45, 2.75) is 130 Å². The zero-order chi connectivity index (χ0) is 50.7. The fourth-order valence-corrected chi connectivity index (χ4v) is 9.52. The highest BCUT2D eigenvalue weighted by Crippen LogP contribution is 2.44. The first-order chi connectivity index (χ1) is 33.0. The maximum absolute atomic E-state index is 15.0. The Kier molecular flexibility index (Phi) is 15.9. The molecule has 3 aliphatic rings. The number of carbonyl (C=O) groups is 4. The minimum atomic E-state index is -4.61. The lowest BCUT2D eigenvalue weighted by Crippen LogP contribution is -2.60. The second kappa shape index (κ2) is 21.3. The molecule has 0 unspecified atom stereocenters. The number of pyridine rings is 1. The van der Waals surface area contributed by atoms with E-state index in [1.54, 1.807) is 46.2 Å². The molecule has 0 radical (unpaired) electrons. The summed E-state index contributed by atoms with van der Waals surface area (Å²) in [6.45, 7) is 14.5. The van der Waals surface area contributed by atoms with Crippen molar-refractivity contribution < 1.29 is 51.3 Å². The van der Waals surface area contributed by atoms with E-state index < -0.39 is 65.9 Å². The van der Waals surface area contributed by atoms with E-state index in [-0.39, 0.29) is 19.4 Å². The number of nitrogens with one attached hydrogen (secondary N) is 2. The Morgan fingerprint density at radius 1 is 0.914 bits per heavy atom. The molecule has 4 heterocycles. The molecule has 0 spiro atoms. The van der Waals surface area contributed by atoms with Crippen LogP contribution in [0.1, 0.15) is 97.1 Å². The van der Waals surface area contributed by atoms with Crippen LogP contribution in [-0.2, 0) is 52.7 Å². The number of hydrogen-bond acceptors (Lipinski definition) is 12. The number of aromatic nitrogens is 2. The molecule has 70 heavy (non-hydrogen) atoms. The highest BCUT2D eigenvalue weighted by Gasteiger charge is 2.37. The third-order valence-electron chi connectivity index (χ3n) is 13.1. The average molecular weight is 976 g/mol. The highest BCUT2D eigenvalue weighted by atomic mass is 19.4. The van der Waals surface area contributed by atoms with Crippen LogP contribution < -0.4 is 15.6 Å². The smallest absolute Gasteiger partial charge is 0.408 e. The quantitative estimate of drug-likeness (QED) is 0.0822. The number of piperazine rings is 1. The molecule has 1 aliphatic carbocycles. The molecular weight excluding hydrogens is 908 g/mol. The first kappa shape index (κ1) is 52.1. The lowest BCUT2D eigenvalue weighted by Gasteiger charge is -2.36. The Bertz CT molecular complexity index is 2540. The molecule has 15 nitrogen and oxygen atoms in total. The van der Waals surface area contributed by atoms with E-state index >= 15 is 13.2 Å². The molecule has 0 bridgehead atoms. The number of anilines is 1. The van der Waals surface area contributed by atoms with Gasteiger partial charge in [-0.05, 0) is 100 Å². The summed E-state index contributed by atoms with van der Waals surface area (Å²) >= 11 is 0. The summed E-state index contributed by atoms with van der Waals surface area (Å²) in [7, 11) is 2.83. The van der Waals surface area contributed by atoms with E-state index in [1.807, 2.05) is 57.2 Å². The van der Waals surface area contributed by atoms with Gasteiger partial charge in [0.25, 0.3) is 5.91 Å². The number of nitrogens with zero attached hydrogens (tertiary/aromatic N) is 5. The van der Waals surface area contributed by atoms with Crippen LogP contribution in [0.2, 0.25) is 0 Å². The molecule has 2 saturated heterocycles. The number of alkyl carbamates (subject to hydrolysis) is 1. The Morgan fingerprint density at radius 3 is 2.27 bits per heavy atom. The van der Waals surface area contributed by atoms with E-state index in [0.717, 1.165) is 31.9 Å². The van der Waals surface area contributed by atoms with Gasteiger partial charge in [0, 0.05) is 81.1 Å². The zero-order valence-electron chi connectivity index (χ0n) is 41.8. The number of alkyl halides is 3. The van der Waals surface area contributed by atoms with E-state index in [4.69, 9.17) is 23.9 Å². The standard InChI is InChI=1S/C52H68F3N7O8/c1-32(67-8)45-40(27-38(29-56-45)60-22-20-59(21-23-60)37-16-17-37)46-41(28-51(6,7)31-69-33(2)63)39-26-36(15-18-44(39)61(46)30-52(53,54)55)35-13-10-12-34(24-35)25-43(57-49(66)70-50(3,4)5)47(64)62-19-11-14-42(58-62)48(65)68-9/h10,12-13,15,18,24,26-27,29,32,37,42-43,58H,11,14,16-17,19-23,25,28,30-31H2,1-9H3,(H,57,66)/t32-,42-,43-/m0/s1. The van der Waals surface area contributed by atoms with Gasteiger partial charge in [-0.3, -0.25) is 29.3 Å². The molecule has 2 aromatic carbocycles. The van der Waals surface area contributed by atoms with Crippen LogP contribution in [0.25, 0.3) is 33.3 Å². The SMILES string of the molecule is COC(=O)[C@@H]1CCCN(C(=O)[C@H](Cc2cccc(-c3ccc4c(c3)c(CC(C)(C)COC(C)=O)c(-c3cc(N5CCN(C6CC6)CC5)cnc3[C@H](C)OC)n4CC(F)(F)F)c2)NC(=O)OC(C)(C)C)N1. The van der Waals surface area contributed by atoms with Crippen LogP contribution in [0.15, 0.2) is 54.7 Å². The number of hydrazine groups is 1. The molecule has 3 atom stereocenters. The van der Waals surface area contributed by atoms with Crippen molar-refractivity contribution in [3.05, 3.63) is 71.5 Å². The van der Waals surface area contributed by atoms with Gasteiger partial charge in [0.1, 0.15) is 24.2 Å². The van der Waals surface area contributed by atoms with Crippen molar-refractivity contribution >= 4 is 40.5 Å². The number of carbonyl (C=O) groups excluding carboxylic acids is 4. The van der Waals surface area contributed by atoms with Crippen LogP contribution in [0, 0.1) is 5.41 Å². The van der Waals surface area contributed by atoms with Crippen molar-refractivity contribution in [2.24, 2.45) is 5.41 Å². The van der Waals surface area contributed by atoms with E-state index in [1.165, 1.54) is 36.5 Å². The molecule has 18 heteroatoms. The topological polar surface area (TPSA) is 157 Å². The van der Waals surface area contributed by atoms with Crippen LogP contribution in [0.4, 0.5) is 23.7 Å². The Hall–Kier alpha value is -5.72. The summed E-state index contributed by atoms with van der Waals surface area (Å²) in [6, 6.07) is 13.5. The molecule has 1 saturated carbocycles. The largest absolute Gasteiger partial charge is 0.468 e. The van der Waals surface area contributed by atoms with E-state index in [0.29, 0.717) is 75.5 Å². The number of rotatable bonds is 16. The van der Waals surface area contributed by atoms with Gasteiger partial charge >= 0.3 is 24.2 Å². The molecule has 380 valence electrons. The summed E-state index contributed by atoms with van der Waals surface area (Å²) in [6.07, 6.45) is -0.525. The molecule has 2 amide bonds. The zero-order valence-corrected chi connectivity index (χ0v) is 41.8. The summed E-state index contributed by atoms with van der Waals surface area (Å²) in [5.74, 6) is -1.46. The molecule has 3 fully saturated rings. The predicted molar refractivity (Wildman–Crippen MR) is 260 cm³/mol. The van der Waals surface area contributed by atoms with Gasteiger partial charge in [-0.25, -0.2) is 10.2 Å². The Morgan fingerprint density at radius 2 is 1.63 bits per heavy atom. The number of halogens is 3. The second-order valence-electron chi connectivity index (χ2n) is 20.6.